The number of amides is 2. The summed E-state index contributed by atoms with van der Waals surface area (Å²) in [5.74, 6) is -2.38. The number of aromatic nitrogens is 3. The molecule has 0 saturated carbocycles. The summed E-state index contributed by atoms with van der Waals surface area (Å²) < 4.78 is 44.4. The number of nitrogens with one attached hydrogen (secondary N) is 1. The van der Waals surface area contributed by atoms with Crippen molar-refractivity contribution in [3.05, 3.63) is 29.8 Å². The Morgan fingerprint density at radius 2 is 2.05 bits per heavy atom. The second-order valence-corrected chi connectivity index (χ2v) is 9.44. The molecule has 3 atom stereocenters. The molecular weight excluding hydrogens is 509 g/mol. The lowest BCUT2D eigenvalue weighted by molar-refractivity contribution is -0.168. The number of alkyl halides is 3. The normalized spacial score (nSPS) is 18.4. The van der Waals surface area contributed by atoms with Crippen molar-refractivity contribution in [1.29, 1.82) is 0 Å². The van der Waals surface area contributed by atoms with Crippen LogP contribution in [0.3, 0.4) is 0 Å². The van der Waals surface area contributed by atoms with Gasteiger partial charge in [0.2, 0.25) is 5.78 Å². The third-order valence-corrected chi connectivity index (χ3v) is 6.49. The number of carbonyl (C=O) groups is 2. The summed E-state index contributed by atoms with van der Waals surface area (Å²) in [7, 11) is 0. The van der Waals surface area contributed by atoms with Crippen molar-refractivity contribution in [2.24, 2.45) is 5.92 Å². The molecule has 206 valence electrons. The van der Waals surface area contributed by atoms with Gasteiger partial charge in [-0.3, -0.25) is 15.0 Å². The highest BCUT2D eigenvalue weighted by Gasteiger charge is 2.41. The number of Topliss-reactive ketones (excluding diaryl/α,β-unsaturated/α-hetero) is 1. The Hall–Kier alpha value is -3.52. The van der Waals surface area contributed by atoms with Crippen molar-refractivity contribution in [3.63, 3.8) is 0 Å². The number of ketones is 1. The largest absolute Gasteiger partial charge is 0.489 e. The number of pyridine rings is 1. The molecule has 0 aromatic carbocycles. The SMILES string of the molecule is Cc1nc(C(=O)C[C@H](C)C(F)(F)F)nc2c1N1CCC[C@@H](C1)N2C(=O)Nc1ccc(OC[C@@H](O)CO)cn1. The average Bonchev–Trinajstić information content (AvgIpc) is 2.87. The first-order chi connectivity index (χ1) is 18.0. The van der Waals surface area contributed by atoms with Crippen molar-refractivity contribution < 1.29 is 37.7 Å². The van der Waals surface area contributed by atoms with E-state index < -0.39 is 43.0 Å². The Labute approximate surface area is 216 Å². The standard InChI is InChI=1S/C24H29F3N6O5/c1-13(24(25,26)27)8-18(36)21-29-14(2)20-22(31-21)33(15-4-3-7-32(20)10-15)23(37)30-19-6-5-17(9-28-19)38-12-16(35)11-34/h5-6,9,13,15-16,34-35H,3-4,7-8,10-12H2,1-2H3,(H,28,30,37)/t13-,15-,16-/m0/s1. The number of nitrogens with zero attached hydrogens (tertiary/aromatic N) is 5. The molecule has 2 amide bonds. The van der Waals surface area contributed by atoms with Gasteiger partial charge in [0.1, 0.15) is 30.0 Å². The quantitative estimate of drug-likeness (QED) is 0.433. The van der Waals surface area contributed by atoms with E-state index in [2.05, 4.69) is 20.3 Å². The van der Waals surface area contributed by atoms with Gasteiger partial charge in [0.15, 0.2) is 11.6 Å². The van der Waals surface area contributed by atoms with Gasteiger partial charge in [0, 0.05) is 19.5 Å². The van der Waals surface area contributed by atoms with Crippen molar-refractivity contribution in [1.82, 2.24) is 15.0 Å². The molecule has 2 bridgehead atoms. The van der Waals surface area contributed by atoms with Crippen molar-refractivity contribution in [2.75, 3.05) is 41.4 Å². The number of halogens is 3. The van der Waals surface area contributed by atoms with Crippen LogP contribution in [0, 0.1) is 12.8 Å². The van der Waals surface area contributed by atoms with Gasteiger partial charge in [-0.25, -0.2) is 19.7 Å². The first-order valence-electron chi connectivity index (χ1n) is 12.2. The minimum Gasteiger partial charge on any atom is -0.489 e. The number of urea groups is 1. The predicted octanol–water partition coefficient (Wildman–Crippen LogP) is 2.70. The number of ether oxygens (including phenoxy) is 1. The maximum atomic E-state index is 13.4. The summed E-state index contributed by atoms with van der Waals surface area (Å²) in [6, 6.07) is 2.19. The molecule has 1 fully saturated rings. The Morgan fingerprint density at radius 3 is 2.71 bits per heavy atom. The molecule has 4 heterocycles. The second-order valence-electron chi connectivity index (χ2n) is 9.44. The summed E-state index contributed by atoms with van der Waals surface area (Å²) in [5.41, 5.74) is 0.969. The number of hydrogen-bond acceptors (Lipinski definition) is 9. The molecule has 2 aliphatic heterocycles. The van der Waals surface area contributed by atoms with Crippen LogP contribution in [-0.4, -0.2) is 81.6 Å². The van der Waals surface area contributed by atoms with Crippen LogP contribution in [0.5, 0.6) is 5.75 Å². The fourth-order valence-electron chi connectivity index (χ4n) is 4.46. The van der Waals surface area contributed by atoms with Crippen molar-refractivity contribution in [2.45, 2.75) is 51.4 Å². The van der Waals surface area contributed by atoms with E-state index in [1.165, 1.54) is 23.2 Å². The topological polar surface area (TPSA) is 141 Å². The molecule has 0 unspecified atom stereocenters. The lowest BCUT2D eigenvalue weighted by Crippen LogP contribution is -2.56. The Bertz CT molecular complexity index is 1180. The average molecular weight is 539 g/mol. The summed E-state index contributed by atoms with van der Waals surface area (Å²) in [5, 5.41) is 21.0. The summed E-state index contributed by atoms with van der Waals surface area (Å²) in [4.78, 5) is 42.2. The van der Waals surface area contributed by atoms with Gasteiger partial charge in [-0.1, -0.05) is 6.92 Å². The Kier molecular flexibility index (Phi) is 8.02. The van der Waals surface area contributed by atoms with E-state index in [4.69, 9.17) is 9.84 Å². The molecular formula is C24H29F3N6O5. The number of hydrogen-bond donors (Lipinski definition) is 3. The molecule has 0 spiro atoms. The van der Waals surface area contributed by atoms with Crippen molar-refractivity contribution >= 4 is 29.1 Å². The fourth-order valence-corrected chi connectivity index (χ4v) is 4.46. The minimum absolute atomic E-state index is 0.130. The van der Waals surface area contributed by atoms with Gasteiger partial charge < -0.3 is 19.8 Å². The lowest BCUT2D eigenvalue weighted by Gasteiger charge is -2.46. The number of fused-ring (bicyclic) bond motifs is 4. The van der Waals surface area contributed by atoms with Crippen LogP contribution in [0.25, 0.3) is 0 Å². The van der Waals surface area contributed by atoms with E-state index in [1.807, 2.05) is 4.90 Å². The molecule has 1 saturated heterocycles. The van der Waals surface area contributed by atoms with Crippen molar-refractivity contribution in [3.8, 4) is 5.75 Å². The summed E-state index contributed by atoms with van der Waals surface area (Å²) in [6.07, 6.45) is -3.54. The van der Waals surface area contributed by atoms with Crippen LogP contribution < -0.4 is 19.9 Å². The van der Waals surface area contributed by atoms with Gasteiger partial charge in [-0.05, 0) is 31.9 Å². The predicted molar refractivity (Wildman–Crippen MR) is 130 cm³/mol. The first-order valence-corrected chi connectivity index (χ1v) is 12.2. The summed E-state index contributed by atoms with van der Waals surface area (Å²) in [6.45, 7) is 3.22. The van der Waals surface area contributed by atoms with E-state index in [1.54, 1.807) is 6.92 Å². The van der Waals surface area contributed by atoms with Crippen LogP contribution in [0.1, 0.15) is 42.5 Å². The summed E-state index contributed by atoms with van der Waals surface area (Å²) >= 11 is 0. The van der Waals surface area contributed by atoms with Gasteiger partial charge >= 0.3 is 12.2 Å². The third-order valence-electron chi connectivity index (χ3n) is 6.49. The van der Waals surface area contributed by atoms with Gasteiger partial charge in [-0.15, -0.1) is 0 Å². The highest BCUT2D eigenvalue weighted by atomic mass is 19.4. The van der Waals surface area contributed by atoms with Crippen LogP contribution >= 0.6 is 0 Å². The number of anilines is 3. The fraction of sp³-hybridized carbons (Fsp3) is 0.542. The lowest BCUT2D eigenvalue weighted by atomic mass is 9.99. The van der Waals surface area contributed by atoms with Crippen LogP contribution in [0.15, 0.2) is 18.3 Å². The molecule has 38 heavy (non-hydrogen) atoms. The maximum Gasteiger partial charge on any atom is 0.391 e. The molecule has 2 aliphatic rings. The van der Waals surface area contributed by atoms with Gasteiger partial charge in [-0.2, -0.15) is 13.2 Å². The smallest absolute Gasteiger partial charge is 0.391 e. The number of aliphatic hydroxyl groups is 2. The van der Waals surface area contributed by atoms with E-state index in [0.717, 1.165) is 13.3 Å². The van der Waals surface area contributed by atoms with E-state index in [-0.39, 0.29) is 30.1 Å². The molecule has 4 rings (SSSR count). The maximum absolute atomic E-state index is 13.4. The third kappa shape index (κ3) is 5.96. The minimum atomic E-state index is -4.53. The van der Waals surface area contributed by atoms with Gasteiger partial charge in [0.05, 0.1) is 30.5 Å². The van der Waals surface area contributed by atoms with E-state index in [9.17, 15) is 27.9 Å². The van der Waals surface area contributed by atoms with Crippen LogP contribution in [0.2, 0.25) is 0 Å². The Morgan fingerprint density at radius 1 is 1.29 bits per heavy atom. The van der Waals surface area contributed by atoms with Gasteiger partial charge in [0.25, 0.3) is 0 Å². The molecule has 2 aromatic heterocycles. The monoisotopic (exact) mass is 538 g/mol. The number of aliphatic hydroxyl groups excluding tert-OH is 2. The molecule has 11 nitrogen and oxygen atoms in total. The molecule has 0 radical (unpaired) electrons. The zero-order valence-corrected chi connectivity index (χ0v) is 20.9. The van der Waals surface area contributed by atoms with E-state index >= 15 is 0 Å². The molecule has 3 N–H and O–H groups in total. The highest BCUT2D eigenvalue weighted by molar-refractivity contribution is 6.05. The number of piperidine rings is 1. The second kappa shape index (κ2) is 11.1. The highest BCUT2D eigenvalue weighted by Crippen LogP contribution is 2.40. The zero-order valence-electron chi connectivity index (χ0n) is 20.9. The first kappa shape index (κ1) is 27.5. The van der Waals surface area contributed by atoms with Crippen LogP contribution in [-0.2, 0) is 0 Å². The zero-order chi connectivity index (χ0) is 27.6. The molecule has 14 heteroatoms. The van der Waals surface area contributed by atoms with E-state index in [0.29, 0.717) is 36.6 Å². The molecule has 0 aliphatic carbocycles. The van der Waals surface area contributed by atoms with Crippen LogP contribution in [0.4, 0.5) is 35.3 Å². The number of aryl methyl sites for hydroxylation is 1. The number of carbonyl (C=O) groups excluding carboxylic acids is 2. The molecule has 2 aromatic rings. The Balaban J connectivity index is 1.58. The number of rotatable bonds is 8.